The molecule has 15 heavy (non-hydrogen) atoms. The molecule has 0 rings (SSSR count). The van der Waals surface area contributed by atoms with Crippen LogP contribution in [0.25, 0.3) is 0 Å². The topological polar surface area (TPSA) is 113 Å². The van der Waals surface area contributed by atoms with Crippen LogP contribution >= 0.6 is 0 Å². The minimum Gasteiger partial charge on any atom is -0.481 e. The average Bonchev–Trinajstić information content (AvgIpc) is 2.15. The van der Waals surface area contributed by atoms with Gasteiger partial charge in [0, 0.05) is 6.54 Å². The summed E-state index contributed by atoms with van der Waals surface area (Å²) in [6.45, 7) is 1.14. The maximum Gasteiger partial charge on any atom is 0.320 e. The van der Waals surface area contributed by atoms with E-state index in [9.17, 15) is 9.59 Å². The fourth-order valence-electron chi connectivity index (χ4n) is 1.06. The highest BCUT2D eigenvalue weighted by molar-refractivity contribution is 5.72. The van der Waals surface area contributed by atoms with E-state index in [0.29, 0.717) is 19.5 Å². The van der Waals surface area contributed by atoms with Gasteiger partial charge in [-0.2, -0.15) is 0 Å². The predicted molar refractivity (Wildman–Crippen MR) is 54.6 cm³/mol. The normalized spacial score (nSPS) is 12.3. The van der Waals surface area contributed by atoms with Crippen LogP contribution in [0.2, 0.25) is 0 Å². The molecule has 6 nitrogen and oxygen atoms in total. The Kier molecular flexibility index (Phi) is 7.57. The lowest BCUT2D eigenvalue weighted by atomic mass is 10.1. The number of carboxylic acid groups (broad SMARTS) is 2. The standard InChI is InChI=1S/C9H18N2O4/c10-7(9(14)15)3-1-2-5-11-6-4-8(12)13/h7,11H,1-6,10H2,(H,12,13)(H,14,15)/t7-/m1/s1. The smallest absolute Gasteiger partial charge is 0.320 e. The van der Waals surface area contributed by atoms with Crippen LogP contribution < -0.4 is 11.1 Å². The SMILES string of the molecule is N[C@H](CCCCNCCC(=O)O)C(=O)O. The van der Waals surface area contributed by atoms with Crippen LogP contribution in [0, 0.1) is 0 Å². The van der Waals surface area contributed by atoms with Gasteiger partial charge in [-0.15, -0.1) is 0 Å². The summed E-state index contributed by atoms with van der Waals surface area (Å²) >= 11 is 0. The van der Waals surface area contributed by atoms with E-state index in [1.165, 1.54) is 0 Å². The molecule has 0 amide bonds. The highest BCUT2D eigenvalue weighted by Crippen LogP contribution is 1.98. The van der Waals surface area contributed by atoms with E-state index in [4.69, 9.17) is 15.9 Å². The van der Waals surface area contributed by atoms with Crippen molar-refractivity contribution in [2.75, 3.05) is 13.1 Å². The summed E-state index contributed by atoms with van der Waals surface area (Å²) < 4.78 is 0. The molecule has 0 radical (unpaired) electrons. The lowest BCUT2D eigenvalue weighted by Crippen LogP contribution is -2.30. The lowest BCUT2D eigenvalue weighted by Gasteiger charge is -2.06. The lowest BCUT2D eigenvalue weighted by molar-refractivity contribution is -0.139. The number of rotatable bonds is 9. The fraction of sp³-hybridized carbons (Fsp3) is 0.778. The van der Waals surface area contributed by atoms with Crippen LogP contribution in [0.5, 0.6) is 0 Å². The molecule has 6 heteroatoms. The summed E-state index contributed by atoms with van der Waals surface area (Å²) in [5.74, 6) is -1.80. The molecule has 0 bridgehead atoms. The Morgan fingerprint density at radius 2 is 1.87 bits per heavy atom. The van der Waals surface area contributed by atoms with E-state index >= 15 is 0 Å². The average molecular weight is 218 g/mol. The van der Waals surface area contributed by atoms with Gasteiger partial charge in [0.2, 0.25) is 0 Å². The van der Waals surface area contributed by atoms with Gasteiger partial charge >= 0.3 is 11.9 Å². The first kappa shape index (κ1) is 13.9. The molecule has 0 saturated carbocycles. The Labute approximate surface area is 88.5 Å². The van der Waals surface area contributed by atoms with Gasteiger partial charge in [-0.1, -0.05) is 6.42 Å². The highest BCUT2D eigenvalue weighted by Gasteiger charge is 2.09. The minimum atomic E-state index is -0.978. The van der Waals surface area contributed by atoms with Gasteiger partial charge in [0.05, 0.1) is 6.42 Å². The van der Waals surface area contributed by atoms with Crippen LogP contribution in [-0.2, 0) is 9.59 Å². The number of nitrogens with one attached hydrogen (secondary N) is 1. The molecule has 0 aliphatic carbocycles. The predicted octanol–water partition coefficient (Wildman–Crippen LogP) is -0.367. The van der Waals surface area contributed by atoms with Crippen molar-refractivity contribution in [1.29, 1.82) is 0 Å². The van der Waals surface area contributed by atoms with Gasteiger partial charge in [-0.05, 0) is 19.4 Å². The third kappa shape index (κ3) is 9.17. The number of aliphatic carboxylic acids is 2. The Morgan fingerprint density at radius 3 is 2.40 bits per heavy atom. The van der Waals surface area contributed by atoms with Crippen molar-refractivity contribution in [2.24, 2.45) is 5.73 Å². The Balaban J connectivity index is 3.18. The van der Waals surface area contributed by atoms with Crippen molar-refractivity contribution in [3.63, 3.8) is 0 Å². The summed E-state index contributed by atoms with van der Waals surface area (Å²) in [6, 6.07) is -0.788. The maximum atomic E-state index is 10.3. The molecule has 0 aliphatic rings. The van der Waals surface area contributed by atoms with Crippen LogP contribution in [0.15, 0.2) is 0 Å². The molecular formula is C9H18N2O4. The molecule has 88 valence electrons. The summed E-state index contributed by atoms with van der Waals surface area (Å²) in [5.41, 5.74) is 5.30. The molecule has 0 unspecified atom stereocenters. The van der Waals surface area contributed by atoms with Gasteiger partial charge in [-0.25, -0.2) is 0 Å². The van der Waals surface area contributed by atoms with Gasteiger partial charge in [0.1, 0.15) is 6.04 Å². The Bertz CT molecular complexity index is 208. The van der Waals surface area contributed by atoms with E-state index in [1.807, 2.05) is 0 Å². The zero-order valence-electron chi connectivity index (χ0n) is 8.61. The van der Waals surface area contributed by atoms with Gasteiger partial charge in [0.15, 0.2) is 0 Å². The van der Waals surface area contributed by atoms with E-state index in [-0.39, 0.29) is 6.42 Å². The van der Waals surface area contributed by atoms with E-state index in [0.717, 1.165) is 12.8 Å². The number of carbonyl (C=O) groups is 2. The molecule has 0 aromatic rings. The van der Waals surface area contributed by atoms with Crippen LogP contribution in [0.1, 0.15) is 25.7 Å². The summed E-state index contributed by atoms with van der Waals surface area (Å²) in [6.07, 6.45) is 2.10. The van der Waals surface area contributed by atoms with Crippen molar-refractivity contribution in [3.05, 3.63) is 0 Å². The fourth-order valence-corrected chi connectivity index (χ4v) is 1.06. The molecule has 0 spiro atoms. The number of unbranched alkanes of at least 4 members (excludes halogenated alkanes) is 1. The maximum absolute atomic E-state index is 10.3. The highest BCUT2D eigenvalue weighted by atomic mass is 16.4. The largest absolute Gasteiger partial charge is 0.481 e. The molecule has 0 aliphatic heterocycles. The van der Waals surface area contributed by atoms with Crippen molar-refractivity contribution in [2.45, 2.75) is 31.7 Å². The minimum absolute atomic E-state index is 0.106. The zero-order valence-corrected chi connectivity index (χ0v) is 8.61. The van der Waals surface area contributed by atoms with Crippen molar-refractivity contribution >= 4 is 11.9 Å². The van der Waals surface area contributed by atoms with Gasteiger partial charge in [0.25, 0.3) is 0 Å². The molecule has 0 fully saturated rings. The van der Waals surface area contributed by atoms with E-state index < -0.39 is 18.0 Å². The molecule has 1 atom stereocenters. The second-order valence-electron chi connectivity index (χ2n) is 3.33. The second kappa shape index (κ2) is 8.19. The van der Waals surface area contributed by atoms with Crippen molar-refractivity contribution in [3.8, 4) is 0 Å². The van der Waals surface area contributed by atoms with Gasteiger partial charge in [-0.3, -0.25) is 9.59 Å². The van der Waals surface area contributed by atoms with Crippen LogP contribution in [-0.4, -0.2) is 41.3 Å². The van der Waals surface area contributed by atoms with Crippen LogP contribution in [0.4, 0.5) is 0 Å². The van der Waals surface area contributed by atoms with E-state index in [1.54, 1.807) is 0 Å². The first-order valence-corrected chi connectivity index (χ1v) is 4.95. The summed E-state index contributed by atoms with van der Waals surface area (Å²) in [5, 5.41) is 19.8. The number of carboxylic acids is 2. The van der Waals surface area contributed by atoms with Gasteiger partial charge < -0.3 is 21.3 Å². The number of hydrogen-bond acceptors (Lipinski definition) is 4. The number of hydrogen-bond donors (Lipinski definition) is 4. The molecular weight excluding hydrogens is 200 g/mol. The molecule has 0 heterocycles. The molecule has 0 saturated heterocycles. The van der Waals surface area contributed by atoms with E-state index in [2.05, 4.69) is 5.32 Å². The third-order valence-corrected chi connectivity index (χ3v) is 1.95. The molecule has 0 aromatic heterocycles. The Hall–Kier alpha value is -1.14. The first-order valence-electron chi connectivity index (χ1n) is 4.95. The zero-order chi connectivity index (χ0) is 11.7. The monoisotopic (exact) mass is 218 g/mol. The second-order valence-corrected chi connectivity index (χ2v) is 3.33. The Morgan fingerprint density at radius 1 is 1.20 bits per heavy atom. The van der Waals surface area contributed by atoms with Crippen molar-refractivity contribution in [1.82, 2.24) is 5.32 Å². The molecule has 5 N–H and O–H groups in total. The third-order valence-electron chi connectivity index (χ3n) is 1.95. The number of nitrogens with two attached hydrogens (primary N) is 1. The molecule has 0 aromatic carbocycles. The summed E-state index contributed by atoms with van der Waals surface area (Å²) in [7, 11) is 0. The first-order chi connectivity index (χ1) is 7.04. The quantitative estimate of drug-likeness (QED) is 0.393. The van der Waals surface area contributed by atoms with Crippen LogP contribution in [0.3, 0.4) is 0 Å². The van der Waals surface area contributed by atoms with Crippen molar-refractivity contribution < 1.29 is 19.8 Å². The summed E-state index contributed by atoms with van der Waals surface area (Å²) in [4.78, 5) is 20.5.